The van der Waals surface area contributed by atoms with Crippen LogP contribution in [0.15, 0.2) is 30.3 Å². The van der Waals surface area contributed by atoms with Gasteiger partial charge in [0.25, 0.3) is 5.91 Å². The molecule has 0 radical (unpaired) electrons. The van der Waals surface area contributed by atoms with Crippen molar-refractivity contribution < 1.29 is 9.53 Å². The summed E-state index contributed by atoms with van der Waals surface area (Å²) in [6.07, 6.45) is 1.86. The lowest BCUT2D eigenvalue weighted by Gasteiger charge is -2.29. The zero-order chi connectivity index (χ0) is 14.4. The Bertz CT molecular complexity index is 414. The monoisotopic (exact) mass is 276 g/mol. The van der Waals surface area contributed by atoms with Crippen molar-refractivity contribution in [2.24, 2.45) is 5.92 Å². The smallest absolute Gasteiger partial charge is 0.260 e. The number of hydrogen-bond donors (Lipinski definition) is 1. The molecule has 1 amide bonds. The third-order valence-electron chi connectivity index (χ3n) is 3.83. The number of carbonyl (C=O) groups is 1. The Morgan fingerprint density at radius 1 is 1.35 bits per heavy atom. The maximum atomic E-state index is 12.0. The van der Waals surface area contributed by atoms with Crippen LogP contribution < -0.4 is 10.1 Å². The number of hydrogen-bond acceptors (Lipinski definition) is 3. The van der Waals surface area contributed by atoms with E-state index in [9.17, 15) is 4.79 Å². The lowest BCUT2D eigenvalue weighted by Crippen LogP contribution is -2.41. The van der Waals surface area contributed by atoms with E-state index in [0.717, 1.165) is 38.2 Å². The van der Waals surface area contributed by atoms with Gasteiger partial charge in [-0.05, 0) is 58.0 Å². The zero-order valence-electron chi connectivity index (χ0n) is 12.3. The molecule has 4 heteroatoms. The molecular weight excluding hydrogens is 252 g/mol. The van der Waals surface area contributed by atoms with Crippen molar-refractivity contribution in [1.29, 1.82) is 0 Å². The Balaban J connectivity index is 1.71. The van der Waals surface area contributed by atoms with E-state index in [1.807, 2.05) is 30.3 Å². The highest BCUT2D eigenvalue weighted by Gasteiger charge is 2.19. The summed E-state index contributed by atoms with van der Waals surface area (Å²) in [4.78, 5) is 14.3. The maximum Gasteiger partial charge on any atom is 0.260 e. The van der Waals surface area contributed by atoms with Gasteiger partial charge in [-0.15, -0.1) is 0 Å². The number of nitrogens with zero attached hydrogens (tertiary/aromatic N) is 1. The highest BCUT2D eigenvalue weighted by atomic mass is 16.5. The first-order valence-corrected chi connectivity index (χ1v) is 7.33. The van der Waals surface area contributed by atoms with Gasteiger partial charge in [0.15, 0.2) is 6.10 Å². The molecule has 1 aliphatic rings. The fourth-order valence-electron chi connectivity index (χ4n) is 2.41. The van der Waals surface area contributed by atoms with Crippen molar-refractivity contribution in [2.75, 3.05) is 26.7 Å². The molecule has 0 spiro atoms. The Hall–Kier alpha value is -1.55. The number of amides is 1. The summed E-state index contributed by atoms with van der Waals surface area (Å²) in [6, 6.07) is 9.45. The minimum absolute atomic E-state index is 0.0345. The number of rotatable bonds is 5. The second-order valence-corrected chi connectivity index (χ2v) is 5.56. The predicted octanol–water partition coefficient (Wildman–Crippen LogP) is 1.91. The van der Waals surface area contributed by atoms with Gasteiger partial charge in [-0.3, -0.25) is 4.79 Å². The molecule has 20 heavy (non-hydrogen) atoms. The number of carbonyl (C=O) groups excluding carboxylic acids is 1. The molecule has 4 nitrogen and oxygen atoms in total. The molecule has 0 saturated carbocycles. The largest absolute Gasteiger partial charge is 0.481 e. The van der Waals surface area contributed by atoms with Crippen LogP contribution in [0.25, 0.3) is 0 Å². The molecule has 1 aliphatic heterocycles. The molecule has 1 unspecified atom stereocenters. The number of benzene rings is 1. The van der Waals surface area contributed by atoms with E-state index in [0.29, 0.717) is 5.92 Å². The van der Waals surface area contributed by atoms with E-state index in [2.05, 4.69) is 17.3 Å². The first-order chi connectivity index (χ1) is 9.65. The highest BCUT2D eigenvalue weighted by molar-refractivity contribution is 5.80. The topological polar surface area (TPSA) is 41.6 Å². The molecule has 1 fully saturated rings. The molecule has 0 aromatic heterocycles. The zero-order valence-corrected chi connectivity index (χ0v) is 12.3. The van der Waals surface area contributed by atoms with Gasteiger partial charge in [0.2, 0.25) is 0 Å². The summed E-state index contributed by atoms with van der Waals surface area (Å²) >= 11 is 0. The number of nitrogens with one attached hydrogen (secondary N) is 1. The molecule has 110 valence electrons. The normalized spacial score (nSPS) is 18.5. The summed E-state index contributed by atoms with van der Waals surface area (Å²) in [5.41, 5.74) is 0. The van der Waals surface area contributed by atoms with E-state index in [1.54, 1.807) is 6.92 Å². The SMILES string of the molecule is CC(Oc1ccccc1)C(=O)NCC1CCN(C)CC1. The van der Waals surface area contributed by atoms with Crippen LogP contribution in [0.3, 0.4) is 0 Å². The average molecular weight is 276 g/mol. The fourth-order valence-corrected chi connectivity index (χ4v) is 2.41. The Kier molecular flexibility index (Phi) is 5.41. The van der Waals surface area contributed by atoms with E-state index in [-0.39, 0.29) is 5.91 Å². The minimum atomic E-state index is -0.455. The van der Waals surface area contributed by atoms with Gasteiger partial charge in [0.1, 0.15) is 5.75 Å². The fraction of sp³-hybridized carbons (Fsp3) is 0.562. The molecule has 0 bridgehead atoms. The van der Waals surface area contributed by atoms with Gasteiger partial charge < -0.3 is 15.0 Å². The molecule has 1 heterocycles. The average Bonchev–Trinajstić information content (AvgIpc) is 2.47. The number of ether oxygens (including phenoxy) is 1. The van der Waals surface area contributed by atoms with Crippen LogP contribution in [-0.4, -0.2) is 43.6 Å². The van der Waals surface area contributed by atoms with Crippen LogP contribution in [-0.2, 0) is 4.79 Å². The second kappa shape index (κ2) is 7.29. The first-order valence-electron chi connectivity index (χ1n) is 7.33. The summed E-state index contributed by atoms with van der Waals surface area (Å²) < 4.78 is 5.61. The number of likely N-dealkylation sites (tertiary alicyclic amines) is 1. The Labute approximate surface area is 121 Å². The number of para-hydroxylation sites is 1. The molecule has 1 aromatic rings. The van der Waals surface area contributed by atoms with Gasteiger partial charge in [0.05, 0.1) is 0 Å². The van der Waals surface area contributed by atoms with E-state index in [4.69, 9.17) is 4.74 Å². The molecule has 1 N–H and O–H groups in total. The van der Waals surface area contributed by atoms with E-state index >= 15 is 0 Å². The quantitative estimate of drug-likeness (QED) is 0.893. The van der Waals surface area contributed by atoms with Gasteiger partial charge >= 0.3 is 0 Å². The third kappa shape index (κ3) is 4.53. The second-order valence-electron chi connectivity index (χ2n) is 5.56. The molecule has 0 aliphatic carbocycles. The summed E-state index contributed by atoms with van der Waals surface area (Å²) in [5.74, 6) is 1.29. The van der Waals surface area contributed by atoms with Gasteiger partial charge in [-0.2, -0.15) is 0 Å². The van der Waals surface area contributed by atoms with Crippen LogP contribution in [0.4, 0.5) is 0 Å². The minimum Gasteiger partial charge on any atom is -0.481 e. The standard InChI is InChI=1S/C16H24N2O2/c1-13(20-15-6-4-3-5-7-15)16(19)17-12-14-8-10-18(2)11-9-14/h3-7,13-14H,8-12H2,1-2H3,(H,17,19). The van der Waals surface area contributed by atoms with Crippen LogP contribution in [0, 0.1) is 5.92 Å². The lowest BCUT2D eigenvalue weighted by atomic mass is 9.97. The van der Waals surface area contributed by atoms with Crippen molar-refractivity contribution >= 4 is 5.91 Å². The van der Waals surface area contributed by atoms with Gasteiger partial charge in [0, 0.05) is 6.54 Å². The summed E-state index contributed by atoms with van der Waals surface area (Å²) in [7, 11) is 2.14. The van der Waals surface area contributed by atoms with Gasteiger partial charge in [-0.1, -0.05) is 18.2 Å². The molecular formula is C16H24N2O2. The van der Waals surface area contributed by atoms with E-state index < -0.39 is 6.10 Å². The van der Waals surface area contributed by atoms with Crippen molar-refractivity contribution in [3.63, 3.8) is 0 Å². The first kappa shape index (κ1) is 14.9. The van der Waals surface area contributed by atoms with Crippen LogP contribution >= 0.6 is 0 Å². The molecule has 1 aromatic carbocycles. The Morgan fingerprint density at radius 3 is 2.65 bits per heavy atom. The van der Waals surface area contributed by atoms with Crippen molar-refractivity contribution in [2.45, 2.75) is 25.9 Å². The van der Waals surface area contributed by atoms with Crippen molar-refractivity contribution in [3.8, 4) is 5.75 Å². The molecule has 1 saturated heterocycles. The summed E-state index contributed by atoms with van der Waals surface area (Å²) in [5, 5.41) is 3.00. The molecule has 2 rings (SSSR count). The van der Waals surface area contributed by atoms with Crippen molar-refractivity contribution in [3.05, 3.63) is 30.3 Å². The van der Waals surface area contributed by atoms with Crippen LogP contribution in [0.2, 0.25) is 0 Å². The summed E-state index contributed by atoms with van der Waals surface area (Å²) in [6.45, 7) is 4.79. The van der Waals surface area contributed by atoms with Crippen molar-refractivity contribution in [1.82, 2.24) is 10.2 Å². The third-order valence-corrected chi connectivity index (χ3v) is 3.83. The lowest BCUT2D eigenvalue weighted by molar-refractivity contribution is -0.127. The highest BCUT2D eigenvalue weighted by Crippen LogP contribution is 2.15. The molecule has 1 atom stereocenters. The van der Waals surface area contributed by atoms with Gasteiger partial charge in [-0.25, -0.2) is 0 Å². The van der Waals surface area contributed by atoms with E-state index in [1.165, 1.54) is 0 Å². The van der Waals surface area contributed by atoms with Crippen LogP contribution in [0.1, 0.15) is 19.8 Å². The predicted molar refractivity (Wildman–Crippen MR) is 79.8 cm³/mol. The Morgan fingerprint density at radius 2 is 2.00 bits per heavy atom. The maximum absolute atomic E-state index is 12.0. The van der Waals surface area contributed by atoms with Crippen LogP contribution in [0.5, 0.6) is 5.75 Å². The number of piperidine rings is 1.